The fourth-order valence-corrected chi connectivity index (χ4v) is 2.74. The van der Waals surface area contributed by atoms with E-state index < -0.39 is 11.4 Å². The van der Waals surface area contributed by atoms with E-state index in [4.69, 9.17) is 5.11 Å². The number of methoxy groups -OCH3 is 1. The first-order valence-corrected chi connectivity index (χ1v) is 4.40. The number of esters is 1. The van der Waals surface area contributed by atoms with Crippen LogP contribution in [0.2, 0.25) is 0 Å². The topological polar surface area (TPSA) is 63.6 Å². The number of carboxylic acids is 1. The fraction of sp³-hybridized carbons (Fsp3) is 0.778. The van der Waals surface area contributed by atoms with Crippen LogP contribution in [0.3, 0.4) is 0 Å². The van der Waals surface area contributed by atoms with E-state index in [9.17, 15) is 9.59 Å². The van der Waals surface area contributed by atoms with Gasteiger partial charge in [0.15, 0.2) is 0 Å². The van der Waals surface area contributed by atoms with E-state index in [2.05, 4.69) is 4.74 Å². The van der Waals surface area contributed by atoms with Gasteiger partial charge in [0.05, 0.1) is 18.4 Å². The molecule has 1 unspecified atom stereocenters. The molecule has 0 amide bonds. The molecule has 4 heteroatoms. The molecule has 0 aromatic heterocycles. The first-order chi connectivity index (χ1) is 6.09. The molecule has 0 aromatic rings. The van der Waals surface area contributed by atoms with Gasteiger partial charge in [0.2, 0.25) is 0 Å². The van der Waals surface area contributed by atoms with Gasteiger partial charge in [-0.25, -0.2) is 0 Å². The van der Waals surface area contributed by atoms with E-state index in [-0.39, 0.29) is 17.8 Å². The van der Waals surface area contributed by atoms with Gasteiger partial charge in [0.1, 0.15) is 0 Å². The van der Waals surface area contributed by atoms with Crippen LogP contribution in [-0.2, 0) is 14.3 Å². The second-order valence-electron chi connectivity index (χ2n) is 4.09. The van der Waals surface area contributed by atoms with E-state index >= 15 is 0 Å². The SMILES string of the molecule is COC(=O)C12CC(C1)C(C(=O)O)C2. The molecule has 0 heterocycles. The number of carbonyl (C=O) groups excluding carboxylic acids is 1. The summed E-state index contributed by atoms with van der Waals surface area (Å²) in [5, 5.41) is 8.83. The summed E-state index contributed by atoms with van der Waals surface area (Å²) in [4.78, 5) is 22.1. The van der Waals surface area contributed by atoms with Gasteiger partial charge in [0.25, 0.3) is 0 Å². The second kappa shape index (κ2) is 2.47. The van der Waals surface area contributed by atoms with Crippen molar-refractivity contribution in [2.75, 3.05) is 7.11 Å². The molecule has 3 fully saturated rings. The Morgan fingerprint density at radius 1 is 1.38 bits per heavy atom. The van der Waals surface area contributed by atoms with Crippen LogP contribution in [0, 0.1) is 17.3 Å². The summed E-state index contributed by atoms with van der Waals surface area (Å²) >= 11 is 0. The number of carboxylic acid groups (broad SMARTS) is 1. The van der Waals surface area contributed by atoms with Crippen molar-refractivity contribution in [3.8, 4) is 0 Å². The Hall–Kier alpha value is -1.06. The summed E-state index contributed by atoms with van der Waals surface area (Å²) in [6, 6.07) is 0. The first-order valence-electron chi connectivity index (χ1n) is 4.40. The number of carbonyl (C=O) groups is 2. The Kier molecular flexibility index (Phi) is 1.62. The molecule has 4 nitrogen and oxygen atoms in total. The Balaban J connectivity index is 2.11. The van der Waals surface area contributed by atoms with Crippen LogP contribution in [-0.4, -0.2) is 24.2 Å². The molecule has 0 aliphatic heterocycles. The Morgan fingerprint density at radius 2 is 2.00 bits per heavy atom. The molecule has 3 saturated carbocycles. The molecule has 0 saturated heterocycles. The molecular formula is C9H12O4. The van der Waals surface area contributed by atoms with E-state index in [1.165, 1.54) is 7.11 Å². The zero-order valence-corrected chi connectivity index (χ0v) is 7.45. The van der Waals surface area contributed by atoms with Crippen LogP contribution in [0.1, 0.15) is 19.3 Å². The van der Waals surface area contributed by atoms with Gasteiger partial charge in [-0.3, -0.25) is 9.59 Å². The van der Waals surface area contributed by atoms with Crippen molar-refractivity contribution >= 4 is 11.9 Å². The predicted molar refractivity (Wildman–Crippen MR) is 42.9 cm³/mol. The molecule has 0 aromatic carbocycles. The van der Waals surface area contributed by atoms with Gasteiger partial charge in [-0.15, -0.1) is 0 Å². The first kappa shape index (κ1) is 8.53. The second-order valence-corrected chi connectivity index (χ2v) is 4.09. The Labute approximate surface area is 75.9 Å². The van der Waals surface area contributed by atoms with E-state index in [0.717, 1.165) is 0 Å². The highest BCUT2D eigenvalue weighted by molar-refractivity contribution is 5.82. The van der Waals surface area contributed by atoms with Crippen molar-refractivity contribution in [1.29, 1.82) is 0 Å². The normalized spacial score (nSPS) is 41.0. The van der Waals surface area contributed by atoms with Gasteiger partial charge >= 0.3 is 11.9 Å². The van der Waals surface area contributed by atoms with Crippen molar-refractivity contribution in [2.45, 2.75) is 19.3 Å². The highest BCUT2D eigenvalue weighted by Gasteiger charge is 2.62. The fourth-order valence-electron chi connectivity index (χ4n) is 2.74. The molecular weight excluding hydrogens is 172 g/mol. The van der Waals surface area contributed by atoms with Crippen LogP contribution >= 0.6 is 0 Å². The summed E-state index contributed by atoms with van der Waals surface area (Å²) in [6.45, 7) is 0. The number of rotatable bonds is 2. The Bertz CT molecular complexity index is 265. The lowest BCUT2D eigenvalue weighted by atomic mass is 9.69. The quantitative estimate of drug-likeness (QED) is 0.640. The number of hydrogen-bond acceptors (Lipinski definition) is 3. The molecule has 0 spiro atoms. The number of aliphatic carboxylic acids is 1. The summed E-state index contributed by atoms with van der Waals surface area (Å²) < 4.78 is 4.67. The summed E-state index contributed by atoms with van der Waals surface area (Å²) in [6.07, 6.45) is 1.88. The molecule has 1 atom stereocenters. The minimum Gasteiger partial charge on any atom is -0.481 e. The lowest BCUT2D eigenvalue weighted by Gasteiger charge is -2.35. The third-order valence-corrected chi connectivity index (χ3v) is 3.42. The average molecular weight is 184 g/mol. The van der Waals surface area contributed by atoms with Crippen molar-refractivity contribution in [1.82, 2.24) is 0 Å². The molecule has 3 rings (SSSR count). The van der Waals surface area contributed by atoms with Crippen molar-refractivity contribution in [2.24, 2.45) is 17.3 Å². The van der Waals surface area contributed by atoms with Gasteiger partial charge < -0.3 is 9.84 Å². The lowest BCUT2D eigenvalue weighted by Crippen LogP contribution is -2.37. The maximum atomic E-state index is 11.3. The number of ether oxygens (including phenoxy) is 1. The molecule has 1 N–H and O–H groups in total. The Morgan fingerprint density at radius 3 is 2.38 bits per heavy atom. The largest absolute Gasteiger partial charge is 0.481 e. The standard InChI is InChI=1S/C9H12O4/c1-13-8(12)9-2-5(3-9)6(4-9)7(10)11/h5-6H,2-4H2,1H3,(H,10,11). The average Bonchev–Trinajstić information content (AvgIpc) is 2.56. The third-order valence-electron chi connectivity index (χ3n) is 3.42. The molecule has 3 aliphatic rings. The van der Waals surface area contributed by atoms with Crippen molar-refractivity contribution in [3.63, 3.8) is 0 Å². The molecule has 13 heavy (non-hydrogen) atoms. The third kappa shape index (κ3) is 0.975. The predicted octanol–water partition coefficient (Wildman–Crippen LogP) is 0.660. The lowest BCUT2D eigenvalue weighted by molar-refractivity contribution is -0.157. The maximum Gasteiger partial charge on any atom is 0.311 e. The van der Waals surface area contributed by atoms with Gasteiger partial charge in [0, 0.05) is 0 Å². The van der Waals surface area contributed by atoms with Crippen LogP contribution < -0.4 is 0 Å². The van der Waals surface area contributed by atoms with Crippen LogP contribution in [0.15, 0.2) is 0 Å². The van der Waals surface area contributed by atoms with Crippen molar-refractivity contribution < 1.29 is 19.4 Å². The molecule has 3 aliphatic carbocycles. The maximum absolute atomic E-state index is 11.3. The van der Waals surface area contributed by atoms with E-state index in [1.54, 1.807) is 0 Å². The summed E-state index contributed by atoms with van der Waals surface area (Å²) in [5.41, 5.74) is -0.442. The monoisotopic (exact) mass is 184 g/mol. The van der Waals surface area contributed by atoms with Gasteiger partial charge in [-0.05, 0) is 25.2 Å². The zero-order chi connectivity index (χ0) is 9.64. The summed E-state index contributed by atoms with van der Waals surface area (Å²) in [5.74, 6) is -1.11. The zero-order valence-electron chi connectivity index (χ0n) is 7.45. The summed E-state index contributed by atoms with van der Waals surface area (Å²) in [7, 11) is 1.36. The number of hydrogen-bond donors (Lipinski definition) is 1. The minimum atomic E-state index is -0.770. The van der Waals surface area contributed by atoms with Crippen LogP contribution in [0.25, 0.3) is 0 Å². The van der Waals surface area contributed by atoms with Gasteiger partial charge in [-0.1, -0.05) is 0 Å². The molecule has 2 bridgehead atoms. The van der Waals surface area contributed by atoms with Crippen molar-refractivity contribution in [3.05, 3.63) is 0 Å². The highest BCUT2D eigenvalue weighted by Crippen LogP contribution is 2.62. The smallest absolute Gasteiger partial charge is 0.311 e. The van der Waals surface area contributed by atoms with E-state index in [0.29, 0.717) is 19.3 Å². The van der Waals surface area contributed by atoms with Crippen LogP contribution in [0.5, 0.6) is 0 Å². The minimum absolute atomic E-state index is 0.205. The van der Waals surface area contributed by atoms with E-state index in [1.807, 2.05) is 0 Å². The van der Waals surface area contributed by atoms with Gasteiger partial charge in [-0.2, -0.15) is 0 Å². The highest BCUT2D eigenvalue weighted by atomic mass is 16.5. The molecule has 0 radical (unpaired) electrons. The van der Waals surface area contributed by atoms with Crippen LogP contribution in [0.4, 0.5) is 0 Å². The number of fused-ring (bicyclic) bond motifs is 1. The molecule has 72 valence electrons.